The zero-order chi connectivity index (χ0) is 18.9. The summed E-state index contributed by atoms with van der Waals surface area (Å²) in [6.45, 7) is 3.36. The van der Waals surface area contributed by atoms with Gasteiger partial charge in [-0.05, 0) is 42.6 Å². The molecule has 0 unspecified atom stereocenters. The predicted molar refractivity (Wildman–Crippen MR) is 104 cm³/mol. The van der Waals surface area contributed by atoms with E-state index in [0.717, 1.165) is 16.4 Å². The van der Waals surface area contributed by atoms with E-state index in [1.54, 1.807) is 0 Å². The van der Waals surface area contributed by atoms with E-state index in [0.29, 0.717) is 30.9 Å². The molecule has 2 aromatic heterocycles. The molecule has 3 rings (SSSR count). The van der Waals surface area contributed by atoms with Crippen LogP contribution in [0.2, 0.25) is 0 Å². The number of hydrogen-bond acceptors (Lipinski definition) is 8. The summed E-state index contributed by atoms with van der Waals surface area (Å²) in [6, 6.07) is 11.2. The van der Waals surface area contributed by atoms with Gasteiger partial charge in [0.1, 0.15) is 18.1 Å². The first-order chi connectivity index (χ1) is 13.2. The molecule has 27 heavy (non-hydrogen) atoms. The Morgan fingerprint density at radius 3 is 2.67 bits per heavy atom. The SMILES string of the molecule is CCOc1ccc(OCCNC(=O)CSc2nnc(-c3cccs3)o2)cc1. The van der Waals surface area contributed by atoms with Crippen molar-refractivity contribution in [3.63, 3.8) is 0 Å². The van der Waals surface area contributed by atoms with Crippen LogP contribution in [0, 0.1) is 0 Å². The number of aromatic nitrogens is 2. The van der Waals surface area contributed by atoms with E-state index in [1.807, 2.05) is 48.7 Å². The first-order valence-corrected chi connectivity index (χ1v) is 10.2. The van der Waals surface area contributed by atoms with Crippen LogP contribution in [0.1, 0.15) is 6.92 Å². The maximum absolute atomic E-state index is 11.9. The van der Waals surface area contributed by atoms with E-state index in [4.69, 9.17) is 13.9 Å². The summed E-state index contributed by atoms with van der Waals surface area (Å²) in [5.41, 5.74) is 0. The van der Waals surface area contributed by atoms with Crippen LogP contribution >= 0.6 is 23.1 Å². The Labute approximate surface area is 165 Å². The molecule has 1 amide bonds. The van der Waals surface area contributed by atoms with Gasteiger partial charge >= 0.3 is 0 Å². The number of carbonyl (C=O) groups is 1. The highest BCUT2D eigenvalue weighted by molar-refractivity contribution is 7.99. The van der Waals surface area contributed by atoms with Gasteiger partial charge in [-0.1, -0.05) is 17.8 Å². The minimum atomic E-state index is -0.119. The molecule has 0 radical (unpaired) electrons. The number of carbonyl (C=O) groups excluding carboxylic acids is 1. The molecule has 0 atom stereocenters. The fraction of sp³-hybridized carbons (Fsp3) is 0.278. The normalized spacial score (nSPS) is 10.6. The number of ether oxygens (including phenoxy) is 2. The maximum Gasteiger partial charge on any atom is 0.277 e. The Morgan fingerprint density at radius 2 is 1.96 bits per heavy atom. The number of amides is 1. The number of nitrogens with zero attached hydrogens (tertiary/aromatic N) is 2. The minimum absolute atomic E-state index is 0.119. The highest BCUT2D eigenvalue weighted by Gasteiger charge is 2.11. The van der Waals surface area contributed by atoms with E-state index in [9.17, 15) is 4.79 Å². The Kier molecular flexibility index (Phi) is 7.11. The van der Waals surface area contributed by atoms with Crippen LogP contribution in [0.5, 0.6) is 11.5 Å². The van der Waals surface area contributed by atoms with Gasteiger partial charge in [-0.25, -0.2) is 0 Å². The molecule has 0 saturated heterocycles. The van der Waals surface area contributed by atoms with Crippen molar-refractivity contribution in [1.29, 1.82) is 0 Å². The number of thiophene rings is 1. The monoisotopic (exact) mass is 405 g/mol. The Bertz CT molecular complexity index is 835. The maximum atomic E-state index is 11.9. The number of thioether (sulfide) groups is 1. The molecule has 3 aromatic rings. The van der Waals surface area contributed by atoms with E-state index in [1.165, 1.54) is 23.1 Å². The Balaban J connectivity index is 1.33. The van der Waals surface area contributed by atoms with Gasteiger partial charge in [-0.15, -0.1) is 21.5 Å². The van der Waals surface area contributed by atoms with E-state index < -0.39 is 0 Å². The first kappa shape index (κ1) is 19.2. The minimum Gasteiger partial charge on any atom is -0.494 e. The smallest absolute Gasteiger partial charge is 0.277 e. The van der Waals surface area contributed by atoms with Crippen LogP contribution in [-0.4, -0.2) is 41.6 Å². The number of nitrogens with one attached hydrogen (secondary N) is 1. The first-order valence-electron chi connectivity index (χ1n) is 8.37. The van der Waals surface area contributed by atoms with Crippen LogP contribution in [0.15, 0.2) is 51.4 Å². The second kappa shape index (κ2) is 9.98. The molecule has 0 spiro atoms. The number of benzene rings is 1. The molecule has 1 N–H and O–H groups in total. The van der Waals surface area contributed by atoms with Crippen molar-refractivity contribution < 1.29 is 18.7 Å². The summed E-state index contributed by atoms with van der Waals surface area (Å²) < 4.78 is 16.5. The third-order valence-corrected chi connectivity index (χ3v) is 4.97. The lowest BCUT2D eigenvalue weighted by molar-refractivity contribution is -0.118. The van der Waals surface area contributed by atoms with Gasteiger partial charge in [-0.3, -0.25) is 4.79 Å². The van der Waals surface area contributed by atoms with Crippen molar-refractivity contribution in [3.8, 4) is 22.3 Å². The molecule has 7 nitrogen and oxygen atoms in total. The molecule has 0 bridgehead atoms. The molecule has 9 heteroatoms. The molecular formula is C18H19N3O4S2. The van der Waals surface area contributed by atoms with Gasteiger partial charge < -0.3 is 19.2 Å². The summed E-state index contributed by atoms with van der Waals surface area (Å²) in [5.74, 6) is 2.09. The Morgan fingerprint density at radius 1 is 1.19 bits per heavy atom. The Hall–Kier alpha value is -2.52. The second-order valence-corrected chi connectivity index (χ2v) is 7.12. The lowest BCUT2D eigenvalue weighted by atomic mass is 10.3. The summed E-state index contributed by atoms with van der Waals surface area (Å²) in [6.07, 6.45) is 0. The largest absolute Gasteiger partial charge is 0.494 e. The van der Waals surface area contributed by atoms with Crippen molar-refractivity contribution in [2.45, 2.75) is 12.1 Å². The topological polar surface area (TPSA) is 86.5 Å². The van der Waals surface area contributed by atoms with Gasteiger partial charge in [0, 0.05) is 0 Å². The van der Waals surface area contributed by atoms with Gasteiger partial charge in [-0.2, -0.15) is 0 Å². The van der Waals surface area contributed by atoms with E-state index in [-0.39, 0.29) is 11.7 Å². The van der Waals surface area contributed by atoms with Crippen LogP contribution < -0.4 is 14.8 Å². The molecule has 0 aliphatic heterocycles. The van der Waals surface area contributed by atoms with E-state index >= 15 is 0 Å². The fourth-order valence-corrected chi connectivity index (χ4v) is 3.34. The molecule has 2 heterocycles. The number of hydrogen-bond donors (Lipinski definition) is 1. The molecule has 0 aliphatic carbocycles. The third kappa shape index (κ3) is 6.00. The molecule has 0 aliphatic rings. The average Bonchev–Trinajstić information content (AvgIpc) is 3.36. The standard InChI is InChI=1S/C18H19N3O4S2/c1-2-23-13-5-7-14(8-6-13)24-10-9-19-16(22)12-27-18-21-20-17(25-18)15-4-3-11-26-15/h3-8,11H,2,9-10,12H2,1H3,(H,19,22). The summed E-state index contributed by atoms with van der Waals surface area (Å²) >= 11 is 2.73. The van der Waals surface area contributed by atoms with Crippen molar-refractivity contribution in [2.75, 3.05) is 25.5 Å². The lowest BCUT2D eigenvalue weighted by Crippen LogP contribution is -2.29. The highest BCUT2D eigenvalue weighted by atomic mass is 32.2. The van der Waals surface area contributed by atoms with Crippen molar-refractivity contribution >= 4 is 29.0 Å². The summed E-state index contributed by atoms with van der Waals surface area (Å²) in [4.78, 5) is 12.8. The lowest BCUT2D eigenvalue weighted by Gasteiger charge is -2.08. The summed E-state index contributed by atoms with van der Waals surface area (Å²) in [7, 11) is 0. The second-order valence-electron chi connectivity index (χ2n) is 5.24. The van der Waals surface area contributed by atoms with Crippen LogP contribution in [0.4, 0.5) is 0 Å². The molecule has 0 saturated carbocycles. The predicted octanol–water partition coefficient (Wildman–Crippen LogP) is 3.48. The van der Waals surface area contributed by atoms with Crippen LogP contribution in [0.25, 0.3) is 10.8 Å². The van der Waals surface area contributed by atoms with Gasteiger partial charge in [0.15, 0.2) is 0 Å². The van der Waals surface area contributed by atoms with Gasteiger partial charge in [0.05, 0.1) is 23.8 Å². The molecule has 142 valence electrons. The van der Waals surface area contributed by atoms with Gasteiger partial charge in [0.2, 0.25) is 5.91 Å². The third-order valence-electron chi connectivity index (χ3n) is 3.29. The number of rotatable bonds is 10. The van der Waals surface area contributed by atoms with Crippen LogP contribution in [0.3, 0.4) is 0 Å². The summed E-state index contributed by atoms with van der Waals surface area (Å²) in [5, 5.41) is 13.0. The zero-order valence-electron chi connectivity index (χ0n) is 14.7. The average molecular weight is 406 g/mol. The van der Waals surface area contributed by atoms with Crippen molar-refractivity contribution in [3.05, 3.63) is 41.8 Å². The van der Waals surface area contributed by atoms with E-state index in [2.05, 4.69) is 15.5 Å². The van der Waals surface area contributed by atoms with Gasteiger partial charge in [0.25, 0.3) is 11.1 Å². The van der Waals surface area contributed by atoms with Crippen LogP contribution in [-0.2, 0) is 4.79 Å². The van der Waals surface area contributed by atoms with Crippen molar-refractivity contribution in [1.82, 2.24) is 15.5 Å². The zero-order valence-corrected chi connectivity index (χ0v) is 16.3. The van der Waals surface area contributed by atoms with Crippen molar-refractivity contribution in [2.24, 2.45) is 0 Å². The molecular weight excluding hydrogens is 386 g/mol. The molecule has 1 aromatic carbocycles. The fourth-order valence-electron chi connectivity index (χ4n) is 2.10. The highest BCUT2D eigenvalue weighted by Crippen LogP contribution is 2.26. The quantitative estimate of drug-likeness (QED) is 0.408. The molecule has 0 fully saturated rings.